The lowest BCUT2D eigenvalue weighted by Gasteiger charge is -2.36. The van der Waals surface area contributed by atoms with Crippen molar-refractivity contribution in [2.24, 2.45) is 0 Å². The van der Waals surface area contributed by atoms with Crippen LogP contribution in [0.4, 0.5) is 5.69 Å². The van der Waals surface area contributed by atoms with Crippen LogP contribution < -0.4 is 5.32 Å². The summed E-state index contributed by atoms with van der Waals surface area (Å²) < 4.78 is 0. The van der Waals surface area contributed by atoms with Gasteiger partial charge in [-0.2, -0.15) is 0 Å². The number of carbonyl (C=O) groups excluding carboxylic acids is 2. The van der Waals surface area contributed by atoms with Crippen LogP contribution >= 0.6 is 0 Å². The average molecular weight is 389 g/mol. The Morgan fingerprint density at radius 3 is 2.45 bits per heavy atom. The largest absolute Gasteiger partial charge is 0.323 e. The molecule has 0 saturated carbocycles. The Labute approximate surface area is 172 Å². The molecule has 1 unspecified atom stereocenters. The van der Waals surface area contributed by atoms with E-state index >= 15 is 0 Å². The zero-order valence-corrected chi connectivity index (χ0v) is 17.5. The number of carbonyl (C=O) groups is 2. The molecule has 150 valence electrons. The summed E-state index contributed by atoms with van der Waals surface area (Å²) in [5, 5.41) is 3.10. The highest BCUT2D eigenvalue weighted by atomic mass is 16.2. The van der Waals surface area contributed by atoms with Crippen LogP contribution in [0.15, 0.2) is 60.7 Å². The maximum Gasteiger partial charge on any atom is 0.251 e. The number of aryl methyl sites for hydroxylation is 3. The summed E-state index contributed by atoms with van der Waals surface area (Å²) in [7, 11) is 0. The maximum atomic E-state index is 13.4. The van der Waals surface area contributed by atoms with Crippen LogP contribution in [0.25, 0.3) is 0 Å². The SMILES string of the molecule is CC=CC=CC(=O)N1CCc2ccccc2C1C(=O)Nc1c(C)cc(C)cc1C. The van der Waals surface area contributed by atoms with Gasteiger partial charge in [0.1, 0.15) is 6.04 Å². The lowest BCUT2D eigenvalue weighted by atomic mass is 9.91. The van der Waals surface area contributed by atoms with Gasteiger partial charge >= 0.3 is 0 Å². The third-order valence-corrected chi connectivity index (χ3v) is 5.28. The molecule has 1 aliphatic rings. The maximum absolute atomic E-state index is 13.4. The first-order valence-electron chi connectivity index (χ1n) is 9.99. The third-order valence-electron chi connectivity index (χ3n) is 5.28. The standard InChI is InChI=1S/C25H28N2O2/c1-5-6-7-12-22(28)27-14-13-20-10-8-9-11-21(20)24(27)25(29)26-23-18(3)15-17(2)16-19(23)4/h5-12,15-16,24H,13-14H2,1-4H3,(H,26,29). The Kier molecular flexibility index (Phi) is 6.32. The third kappa shape index (κ3) is 4.48. The minimum absolute atomic E-state index is 0.157. The molecule has 0 radical (unpaired) electrons. The van der Waals surface area contributed by atoms with Crippen molar-refractivity contribution in [3.63, 3.8) is 0 Å². The molecule has 2 aromatic carbocycles. The molecule has 0 bridgehead atoms. The van der Waals surface area contributed by atoms with Gasteiger partial charge in [0.2, 0.25) is 5.91 Å². The highest BCUT2D eigenvalue weighted by Crippen LogP contribution is 2.32. The molecule has 0 saturated heterocycles. The molecule has 1 heterocycles. The van der Waals surface area contributed by atoms with Crippen molar-refractivity contribution in [3.05, 3.63) is 88.5 Å². The van der Waals surface area contributed by atoms with Gasteiger partial charge in [-0.25, -0.2) is 0 Å². The summed E-state index contributed by atoms with van der Waals surface area (Å²) in [4.78, 5) is 27.9. The molecule has 2 aromatic rings. The van der Waals surface area contributed by atoms with Crippen molar-refractivity contribution in [1.29, 1.82) is 0 Å². The fourth-order valence-electron chi connectivity index (χ4n) is 4.00. The molecule has 0 spiro atoms. The van der Waals surface area contributed by atoms with E-state index in [9.17, 15) is 9.59 Å². The number of hydrogen-bond acceptors (Lipinski definition) is 2. The van der Waals surface area contributed by atoms with Crippen LogP contribution in [0.3, 0.4) is 0 Å². The van der Waals surface area contributed by atoms with Gasteiger partial charge in [0.25, 0.3) is 5.91 Å². The molecule has 0 aromatic heterocycles. The Morgan fingerprint density at radius 2 is 1.76 bits per heavy atom. The number of nitrogens with one attached hydrogen (secondary N) is 1. The summed E-state index contributed by atoms with van der Waals surface area (Å²) in [6.45, 7) is 8.44. The van der Waals surface area contributed by atoms with Crippen LogP contribution in [0.1, 0.15) is 40.8 Å². The number of amides is 2. The van der Waals surface area contributed by atoms with Crippen molar-refractivity contribution < 1.29 is 9.59 Å². The normalized spacial score (nSPS) is 16.3. The van der Waals surface area contributed by atoms with Crippen molar-refractivity contribution in [3.8, 4) is 0 Å². The molecule has 4 heteroatoms. The first-order valence-corrected chi connectivity index (χ1v) is 9.99. The summed E-state index contributed by atoms with van der Waals surface area (Å²) in [5.41, 5.74) is 6.03. The van der Waals surface area contributed by atoms with E-state index in [1.165, 1.54) is 6.08 Å². The molecule has 3 rings (SSSR count). The van der Waals surface area contributed by atoms with E-state index in [1.807, 2.05) is 64.1 Å². The Balaban J connectivity index is 1.97. The van der Waals surface area contributed by atoms with Crippen LogP contribution in [0, 0.1) is 20.8 Å². The zero-order valence-electron chi connectivity index (χ0n) is 17.5. The van der Waals surface area contributed by atoms with Gasteiger partial charge in [-0.05, 0) is 56.4 Å². The highest BCUT2D eigenvalue weighted by Gasteiger charge is 2.35. The molecule has 0 fully saturated rings. The number of rotatable bonds is 4. The molecule has 0 aliphatic carbocycles. The van der Waals surface area contributed by atoms with Gasteiger partial charge in [-0.1, -0.05) is 60.2 Å². The van der Waals surface area contributed by atoms with Gasteiger partial charge in [0, 0.05) is 18.3 Å². The van der Waals surface area contributed by atoms with E-state index in [0.29, 0.717) is 6.54 Å². The molecule has 4 nitrogen and oxygen atoms in total. The second-order valence-electron chi connectivity index (χ2n) is 7.53. The molecule has 1 aliphatic heterocycles. The average Bonchev–Trinajstić information content (AvgIpc) is 2.69. The van der Waals surface area contributed by atoms with E-state index in [1.54, 1.807) is 11.0 Å². The fraction of sp³-hybridized carbons (Fsp3) is 0.280. The van der Waals surface area contributed by atoms with Crippen molar-refractivity contribution in [2.75, 3.05) is 11.9 Å². The van der Waals surface area contributed by atoms with Crippen LogP contribution in [-0.2, 0) is 16.0 Å². The minimum atomic E-state index is -0.650. The lowest BCUT2D eigenvalue weighted by molar-refractivity contribution is -0.135. The van der Waals surface area contributed by atoms with Gasteiger partial charge in [-0.3, -0.25) is 9.59 Å². The summed E-state index contributed by atoms with van der Waals surface area (Å²) >= 11 is 0. The zero-order chi connectivity index (χ0) is 21.0. The highest BCUT2D eigenvalue weighted by molar-refractivity contribution is 6.01. The molecule has 2 amide bonds. The van der Waals surface area contributed by atoms with Gasteiger partial charge in [0.05, 0.1) is 0 Å². The number of allylic oxidation sites excluding steroid dienone is 3. The van der Waals surface area contributed by atoms with Gasteiger partial charge < -0.3 is 10.2 Å². The van der Waals surface area contributed by atoms with Crippen molar-refractivity contribution in [2.45, 2.75) is 40.2 Å². The Morgan fingerprint density at radius 1 is 1.07 bits per heavy atom. The topological polar surface area (TPSA) is 49.4 Å². The monoisotopic (exact) mass is 388 g/mol. The van der Waals surface area contributed by atoms with Crippen LogP contribution in [-0.4, -0.2) is 23.3 Å². The fourth-order valence-corrected chi connectivity index (χ4v) is 4.00. The Hall–Kier alpha value is -3.14. The lowest BCUT2D eigenvalue weighted by Crippen LogP contribution is -2.44. The van der Waals surface area contributed by atoms with Crippen LogP contribution in [0.5, 0.6) is 0 Å². The summed E-state index contributed by atoms with van der Waals surface area (Å²) in [5.74, 6) is -0.338. The molecule has 1 atom stereocenters. The summed E-state index contributed by atoms with van der Waals surface area (Å²) in [6.07, 6.45) is 7.65. The number of hydrogen-bond donors (Lipinski definition) is 1. The first kappa shape index (κ1) is 20.6. The predicted octanol–water partition coefficient (Wildman–Crippen LogP) is 4.81. The minimum Gasteiger partial charge on any atom is -0.323 e. The van der Waals surface area contributed by atoms with E-state index in [4.69, 9.17) is 0 Å². The predicted molar refractivity (Wildman–Crippen MR) is 118 cm³/mol. The molecular weight excluding hydrogens is 360 g/mol. The first-order chi connectivity index (χ1) is 13.9. The number of fused-ring (bicyclic) bond motifs is 1. The smallest absolute Gasteiger partial charge is 0.251 e. The van der Waals surface area contributed by atoms with E-state index in [0.717, 1.165) is 39.9 Å². The van der Waals surface area contributed by atoms with Crippen molar-refractivity contribution >= 4 is 17.5 Å². The van der Waals surface area contributed by atoms with Gasteiger partial charge in [-0.15, -0.1) is 0 Å². The van der Waals surface area contributed by atoms with E-state index < -0.39 is 6.04 Å². The molecule has 29 heavy (non-hydrogen) atoms. The quantitative estimate of drug-likeness (QED) is 0.604. The number of anilines is 1. The molecular formula is C25H28N2O2. The van der Waals surface area contributed by atoms with E-state index in [-0.39, 0.29) is 11.8 Å². The molecule has 1 N–H and O–H groups in total. The van der Waals surface area contributed by atoms with Crippen LogP contribution in [0.2, 0.25) is 0 Å². The van der Waals surface area contributed by atoms with E-state index in [2.05, 4.69) is 17.4 Å². The number of benzene rings is 2. The van der Waals surface area contributed by atoms with Crippen molar-refractivity contribution in [1.82, 2.24) is 4.90 Å². The number of nitrogens with zero attached hydrogens (tertiary/aromatic N) is 1. The Bertz CT molecular complexity index is 965. The summed E-state index contributed by atoms with van der Waals surface area (Å²) in [6, 6.07) is 11.3. The second kappa shape index (κ2) is 8.91. The second-order valence-corrected chi connectivity index (χ2v) is 7.53. The van der Waals surface area contributed by atoms with Gasteiger partial charge in [0.15, 0.2) is 0 Å².